The molecule has 1 aromatic rings. The van der Waals surface area contributed by atoms with Gasteiger partial charge in [-0.1, -0.05) is 36.0 Å². The lowest BCUT2D eigenvalue weighted by Crippen LogP contribution is -2.26. The van der Waals surface area contributed by atoms with Crippen LogP contribution in [0.3, 0.4) is 0 Å². The van der Waals surface area contributed by atoms with Crippen LogP contribution in [0.25, 0.3) is 0 Å². The molecule has 19 heavy (non-hydrogen) atoms. The first-order chi connectivity index (χ1) is 9.04. The van der Waals surface area contributed by atoms with Crippen LogP contribution >= 0.6 is 23.2 Å². The fourth-order valence-corrected chi connectivity index (χ4v) is 2.50. The van der Waals surface area contributed by atoms with E-state index in [1.165, 1.54) is 12.8 Å². The highest BCUT2D eigenvalue weighted by atomic mass is 35.5. The second-order valence-electron chi connectivity index (χ2n) is 5.00. The van der Waals surface area contributed by atoms with Gasteiger partial charge in [0.15, 0.2) is 0 Å². The molecule has 104 valence electrons. The van der Waals surface area contributed by atoms with Crippen LogP contribution in [0.2, 0.25) is 10.0 Å². The van der Waals surface area contributed by atoms with E-state index in [-0.39, 0.29) is 12.3 Å². The van der Waals surface area contributed by atoms with Crippen LogP contribution < -0.4 is 5.32 Å². The van der Waals surface area contributed by atoms with E-state index in [0.29, 0.717) is 22.2 Å². The van der Waals surface area contributed by atoms with E-state index < -0.39 is 6.10 Å². The summed E-state index contributed by atoms with van der Waals surface area (Å²) in [6.07, 6.45) is 2.74. The van der Waals surface area contributed by atoms with Crippen LogP contribution in [-0.2, 0) is 4.79 Å². The highest BCUT2D eigenvalue weighted by Crippen LogP contribution is 2.31. The van der Waals surface area contributed by atoms with Gasteiger partial charge in [-0.15, -0.1) is 0 Å². The Balaban J connectivity index is 1.81. The van der Waals surface area contributed by atoms with Crippen LogP contribution in [0.4, 0.5) is 0 Å². The number of rotatable bonds is 6. The molecule has 0 bridgehead atoms. The number of halogens is 2. The van der Waals surface area contributed by atoms with Crippen molar-refractivity contribution in [3.8, 4) is 0 Å². The number of hydrogen-bond donors (Lipinski definition) is 2. The minimum Gasteiger partial charge on any atom is -0.388 e. The third-order valence-corrected chi connectivity index (χ3v) is 3.66. The van der Waals surface area contributed by atoms with Crippen molar-refractivity contribution < 1.29 is 9.90 Å². The SMILES string of the molecule is O=C(CC(O)c1cc(Cl)cc(Cl)c1)NCCC1CC1. The van der Waals surface area contributed by atoms with E-state index in [0.717, 1.165) is 12.3 Å². The fourth-order valence-electron chi connectivity index (χ4n) is 1.96. The summed E-state index contributed by atoms with van der Waals surface area (Å²) in [6.45, 7) is 0.687. The van der Waals surface area contributed by atoms with Crippen LogP contribution in [0, 0.1) is 5.92 Å². The molecule has 2 rings (SSSR count). The molecule has 1 aromatic carbocycles. The van der Waals surface area contributed by atoms with Crippen molar-refractivity contribution in [2.45, 2.75) is 31.8 Å². The van der Waals surface area contributed by atoms with Crippen molar-refractivity contribution in [2.75, 3.05) is 6.54 Å². The third-order valence-electron chi connectivity index (χ3n) is 3.22. The van der Waals surface area contributed by atoms with Crippen molar-refractivity contribution in [2.24, 2.45) is 5.92 Å². The molecule has 1 aliphatic carbocycles. The average Bonchev–Trinajstić information content (AvgIpc) is 3.11. The van der Waals surface area contributed by atoms with E-state index in [1.807, 2.05) is 0 Å². The average molecular weight is 302 g/mol. The minimum atomic E-state index is -0.878. The zero-order chi connectivity index (χ0) is 13.8. The Morgan fingerprint density at radius 1 is 1.32 bits per heavy atom. The number of nitrogens with one attached hydrogen (secondary N) is 1. The van der Waals surface area contributed by atoms with Gasteiger partial charge in [0.2, 0.25) is 5.91 Å². The second-order valence-corrected chi connectivity index (χ2v) is 5.88. The Hall–Kier alpha value is -0.770. The first kappa shape index (κ1) is 14.6. The maximum atomic E-state index is 11.7. The van der Waals surface area contributed by atoms with Crippen molar-refractivity contribution in [1.29, 1.82) is 0 Å². The summed E-state index contributed by atoms with van der Waals surface area (Å²) in [4.78, 5) is 11.7. The Morgan fingerprint density at radius 2 is 1.95 bits per heavy atom. The molecule has 0 aromatic heterocycles. The summed E-state index contributed by atoms with van der Waals surface area (Å²) in [7, 11) is 0. The molecule has 0 heterocycles. The number of amides is 1. The van der Waals surface area contributed by atoms with Crippen molar-refractivity contribution in [1.82, 2.24) is 5.32 Å². The number of aliphatic hydroxyl groups excluding tert-OH is 1. The molecular formula is C14H17Cl2NO2. The van der Waals surface area contributed by atoms with Crippen molar-refractivity contribution in [3.05, 3.63) is 33.8 Å². The second kappa shape index (κ2) is 6.60. The first-order valence-electron chi connectivity index (χ1n) is 6.45. The van der Waals surface area contributed by atoms with E-state index in [2.05, 4.69) is 5.32 Å². The van der Waals surface area contributed by atoms with Gasteiger partial charge in [0, 0.05) is 16.6 Å². The maximum absolute atomic E-state index is 11.7. The molecule has 0 aliphatic heterocycles. The van der Waals surface area contributed by atoms with Crippen molar-refractivity contribution >= 4 is 29.1 Å². The Kier molecular flexibility index (Phi) is 5.08. The lowest BCUT2D eigenvalue weighted by Gasteiger charge is -2.12. The summed E-state index contributed by atoms with van der Waals surface area (Å²) < 4.78 is 0. The van der Waals surface area contributed by atoms with Gasteiger partial charge in [0.25, 0.3) is 0 Å². The molecule has 0 radical (unpaired) electrons. The Bertz CT molecular complexity index is 441. The van der Waals surface area contributed by atoms with Crippen LogP contribution in [0.1, 0.15) is 37.4 Å². The summed E-state index contributed by atoms with van der Waals surface area (Å²) in [5.41, 5.74) is 0.565. The van der Waals surface area contributed by atoms with Gasteiger partial charge in [0.1, 0.15) is 0 Å². The predicted molar refractivity (Wildman–Crippen MR) is 76.4 cm³/mol. The first-order valence-corrected chi connectivity index (χ1v) is 7.21. The zero-order valence-electron chi connectivity index (χ0n) is 10.5. The van der Waals surface area contributed by atoms with Gasteiger partial charge in [-0.25, -0.2) is 0 Å². The summed E-state index contributed by atoms with van der Waals surface area (Å²) in [5, 5.41) is 13.7. The molecule has 1 amide bonds. The predicted octanol–water partition coefficient (Wildman–Crippen LogP) is 3.33. The monoisotopic (exact) mass is 301 g/mol. The van der Waals surface area contributed by atoms with E-state index >= 15 is 0 Å². The lowest BCUT2D eigenvalue weighted by atomic mass is 10.1. The van der Waals surface area contributed by atoms with Crippen LogP contribution in [0.15, 0.2) is 18.2 Å². The normalized spacial score (nSPS) is 16.2. The number of benzene rings is 1. The minimum absolute atomic E-state index is 0.0291. The Labute approximate surface area is 122 Å². The molecule has 1 fully saturated rings. The van der Waals surface area contributed by atoms with E-state index in [9.17, 15) is 9.90 Å². The molecule has 3 nitrogen and oxygen atoms in total. The van der Waals surface area contributed by atoms with Crippen molar-refractivity contribution in [3.63, 3.8) is 0 Å². The quantitative estimate of drug-likeness (QED) is 0.847. The number of hydrogen-bond acceptors (Lipinski definition) is 2. The molecule has 1 unspecified atom stereocenters. The largest absolute Gasteiger partial charge is 0.388 e. The zero-order valence-corrected chi connectivity index (χ0v) is 12.0. The topological polar surface area (TPSA) is 49.3 Å². The highest BCUT2D eigenvalue weighted by Gasteiger charge is 2.21. The molecule has 0 spiro atoms. The molecule has 5 heteroatoms. The number of aliphatic hydroxyl groups is 1. The summed E-state index contributed by atoms with van der Waals surface area (Å²) >= 11 is 11.7. The van der Waals surface area contributed by atoms with Gasteiger partial charge in [-0.05, 0) is 36.1 Å². The third kappa shape index (κ3) is 5.01. The molecular weight excluding hydrogens is 285 g/mol. The van der Waals surface area contributed by atoms with Crippen LogP contribution in [0.5, 0.6) is 0 Å². The summed E-state index contributed by atoms with van der Waals surface area (Å²) in [6, 6.07) is 4.83. The van der Waals surface area contributed by atoms with Gasteiger partial charge < -0.3 is 10.4 Å². The standard InChI is InChI=1S/C14H17Cl2NO2/c15-11-5-10(6-12(16)7-11)13(18)8-14(19)17-4-3-9-1-2-9/h5-7,9,13,18H,1-4,8H2,(H,17,19). The number of carbonyl (C=O) groups is 1. The Morgan fingerprint density at radius 3 is 2.53 bits per heavy atom. The lowest BCUT2D eigenvalue weighted by molar-refractivity contribution is -0.123. The molecule has 1 aliphatic rings. The molecule has 0 saturated heterocycles. The smallest absolute Gasteiger partial charge is 0.222 e. The van der Waals surface area contributed by atoms with Gasteiger partial charge in [-0.3, -0.25) is 4.79 Å². The van der Waals surface area contributed by atoms with E-state index in [1.54, 1.807) is 18.2 Å². The number of carbonyl (C=O) groups excluding carboxylic acids is 1. The van der Waals surface area contributed by atoms with Gasteiger partial charge >= 0.3 is 0 Å². The molecule has 2 N–H and O–H groups in total. The van der Waals surface area contributed by atoms with E-state index in [4.69, 9.17) is 23.2 Å². The maximum Gasteiger partial charge on any atom is 0.222 e. The highest BCUT2D eigenvalue weighted by molar-refractivity contribution is 6.34. The fraction of sp³-hybridized carbons (Fsp3) is 0.500. The van der Waals surface area contributed by atoms with Crippen LogP contribution in [-0.4, -0.2) is 17.6 Å². The van der Waals surface area contributed by atoms with Gasteiger partial charge in [-0.2, -0.15) is 0 Å². The molecule has 1 atom stereocenters. The molecule has 1 saturated carbocycles. The van der Waals surface area contributed by atoms with Gasteiger partial charge in [0.05, 0.1) is 12.5 Å². The summed E-state index contributed by atoms with van der Waals surface area (Å²) in [5.74, 6) is 0.640.